The number of halogens is 1. The number of ether oxygens (including phenoxy) is 1. The van der Waals surface area contributed by atoms with Gasteiger partial charge in [-0.25, -0.2) is 9.18 Å². The van der Waals surface area contributed by atoms with E-state index >= 15 is 0 Å². The van der Waals surface area contributed by atoms with Gasteiger partial charge in [0.15, 0.2) is 0 Å². The first kappa shape index (κ1) is 10.4. The molecule has 0 saturated carbocycles. The Bertz CT molecular complexity index is 508. The van der Waals surface area contributed by atoms with Crippen LogP contribution in [0.2, 0.25) is 0 Å². The van der Waals surface area contributed by atoms with Crippen LogP contribution in [-0.4, -0.2) is 19.0 Å². The number of methoxy groups -OCH3 is 1. The summed E-state index contributed by atoms with van der Waals surface area (Å²) in [4.78, 5) is 22.5. The predicted molar refractivity (Wildman–Crippen MR) is 55.0 cm³/mol. The van der Waals surface area contributed by atoms with Gasteiger partial charge in [-0.05, 0) is 6.07 Å². The van der Waals surface area contributed by atoms with E-state index in [9.17, 15) is 14.0 Å². The fourth-order valence-electron chi connectivity index (χ4n) is 1.50. The van der Waals surface area contributed by atoms with Crippen LogP contribution >= 0.6 is 0 Å². The number of esters is 1. The number of rotatable bonds is 1. The number of hydrogen-bond acceptors (Lipinski definition) is 3. The van der Waals surface area contributed by atoms with Gasteiger partial charge in [0.1, 0.15) is 5.82 Å². The molecule has 5 heteroatoms. The zero-order valence-corrected chi connectivity index (χ0v) is 8.41. The molecule has 0 spiro atoms. The topological polar surface area (TPSA) is 55.4 Å². The van der Waals surface area contributed by atoms with Crippen molar-refractivity contribution in [3.63, 3.8) is 0 Å². The van der Waals surface area contributed by atoms with Crippen molar-refractivity contribution in [2.45, 2.75) is 0 Å². The molecule has 1 aromatic rings. The quantitative estimate of drug-likeness (QED) is 0.575. The number of carbonyl (C=O) groups is 2. The summed E-state index contributed by atoms with van der Waals surface area (Å²) in [6.07, 6.45) is 1.04. The fraction of sp³-hybridized carbons (Fsp3) is 0.0909. The molecule has 0 unspecified atom stereocenters. The third kappa shape index (κ3) is 1.56. The molecule has 0 atom stereocenters. The van der Waals surface area contributed by atoms with E-state index in [1.807, 2.05) is 0 Å². The van der Waals surface area contributed by atoms with Crippen LogP contribution in [-0.2, 0) is 14.3 Å². The molecule has 0 radical (unpaired) electrons. The molecule has 0 aromatic heterocycles. The van der Waals surface area contributed by atoms with Gasteiger partial charge in [0, 0.05) is 11.6 Å². The van der Waals surface area contributed by atoms with Gasteiger partial charge in [-0.1, -0.05) is 12.1 Å². The van der Waals surface area contributed by atoms with Crippen molar-refractivity contribution in [1.29, 1.82) is 0 Å². The second-order valence-corrected chi connectivity index (χ2v) is 3.20. The minimum absolute atomic E-state index is 0.0997. The molecule has 16 heavy (non-hydrogen) atoms. The number of anilines is 1. The van der Waals surface area contributed by atoms with Gasteiger partial charge >= 0.3 is 5.97 Å². The Kier molecular flexibility index (Phi) is 2.44. The fourth-order valence-corrected chi connectivity index (χ4v) is 1.50. The van der Waals surface area contributed by atoms with Crippen molar-refractivity contribution < 1.29 is 18.7 Å². The minimum Gasteiger partial charge on any atom is -0.466 e. The minimum atomic E-state index is -0.651. The lowest BCUT2D eigenvalue weighted by Crippen LogP contribution is -2.06. The number of amides is 1. The molecule has 1 aromatic carbocycles. The van der Waals surface area contributed by atoms with Crippen molar-refractivity contribution in [3.8, 4) is 0 Å². The first-order valence-electron chi connectivity index (χ1n) is 4.53. The average molecular weight is 221 g/mol. The van der Waals surface area contributed by atoms with Gasteiger partial charge in [0.05, 0.1) is 18.4 Å². The molecular weight excluding hydrogens is 213 g/mol. The van der Waals surface area contributed by atoms with E-state index in [0.29, 0.717) is 5.56 Å². The Morgan fingerprint density at radius 1 is 1.50 bits per heavy atom. The zero-order valence-electron chi connectivity index (χ0n) is 8.41. The molecule has 1 aliphatic rings. The highest BCUT2D eigenvalue weighted by atomic mass is 19.1. The van der Waals surface area contributed by atoms with Crippen LogP contribution in [0, 0.1) is 5.82 Å². The summed E-state index contributed by atoms with van der Waals surface area (Å²) in [5, 5.41) is 2.36. The van der Waals surface area contributed by atoms with Crippen molar-refractivity contribution in [1.82, 2.24) is 0 Å². The van der Waals surface area contributed by atoms with Crippen molar-refractivity contribution in [2.75, 3.05) is 12.4 Å². The van der Waals surface area contributed by atoms with Crippen LogP contribution < -0.4 is 5.32 Å². The van der Waals surface area contributed by atoms with E-state index in [1.165, 1.54) is 19.2 Å². The lowest BCUT2D eigenvalue weighted by molar-refractivity contribution is -0.134. The summed E-state index contributed by atoms with van der Waals surface area (Å²) in [6.45, 7) is 0. The van der Waals surface area contributed by atoms with E-state index in [0.717, 1.165) is 6.08 Å². The predicted octanol–water partition coefficient (Wildman–Crippen LogP) is 1.33. The number of hydrogen-bond donors (Lipinski definition) is 1. The van der Waals surface area contributed by atoms with Gasteiger partial charge in [0.2, 0.25) is 0 Å². The van der Waals surface area contributed by atoms with E-state index in [2.05, 4.69) is 10.1 Å². The molecular formula is C11H8FNO3. The van der Waals surface area contributed by atoms with E-state index in [-0.39, 0.29) is 11.3 Å². The third-order valence-corrected chi connectivity index (χ3v) is 2.25. The maximum atomic E-state index is 13.3. The first-order chi connectivity index (χ1) is 7.63. The molecule has 1 N–H and O–H groups in total. The molecule has 1 heterocycles. The molecule has 4 nitrogen and oxygen atoms in total. The van der Waals surface area contributed by atoms with Gasteiger partial charge < -0.3 is 10.1 Å². The normalized spacial score (nSPS) is 15.9. The van der Waals surface area contributed by atoms with Crippen LogP contribution in [0.3, 0.4) is 0 Å². The van der Waals surface area contributed by atoms with Gasteiger partial charge in [-0.3, -0.25) is 4.79 Å². The lowest BCUT2D eigenvalue weighted by atomic mass is 10.1. The maximum absolute atomic E-state index is 13.3. The number of nitrogens with one attached hydrogen (secondary N) is 1. The van der Waals surface area contributed by atoms with Crippen LogP contribution in [0.25, 0.3) is 5.57 Å². The van der Waals surface area contributed by atoms with Gasteiger partial charge in [0.25, 0.3) is 5.91 Å². The standard InChI is InChI=1S/C11H8FNO3/c1-16-9(14)5-7-6-3-2-4-8(12)10(6)13-11(7)15/h2-5H,1H3,(H,13,15). The number of para-hydroxylation sites is 1. The molecule has 82 valence electrons. The second kappa shape index (κ2) is 3.77. The number of benzene rings is 1. The van der Waals surface area contributed by atoms with Crippen LogP contribution in [0.1, 0.15) is 5.56 Å². The van der Waals surface area contributed by atoms with Crippen molar-refractivity contribution >= 4 is 23.1 Å². The van der Waals surface area contributed by atoms with E-state index in [1.54, 1.807) is 6.07 Å². The Hall–Kier alpha value is -2.17. The molecule has 0 aliphatic carbocycles. The SMILES string of the molecule is COC(=O)C=C1C(=O)Nc2c(F)cccc21. The highest BCUT2D eigenvalue weighted by molar-refractivity contribution is 6.33. The van der Waals surface area contributed by atoms with Crippen LogP contribution in [0.5, 0.6) is 0 Å². The van der Waals surface area contributed by atoms with Crippen molar-refractivity contribution in [3.05, 3.63) is 35.7 Å². The molecule has 0 bridgehead atoms. The zero-order chi connectivity index (χ0) is 11.7. The molecule has 1 aliphatic heterocycles. The largest absolute Gasteiger partial charge is 0.466 e. The Labute approximate surface area is 90.7 Å². The van der Waals surface area contributed by atoms with Crippen LogP contribution in [0.15, 0.2) is 24.3 Å². The Morgan fingerprint density at radius 2 is 2.25 bits per heavy atom. The summed E-state index contributed by atoms with van der Waals surface area (Å²) < 4.78 is 17.7. The third-order valence-electron chi connectivity index (χ3n) is 2.25. The first-order valence-corrected chi connectivity index (χ1v) is 4.53. The summed E-state index contributed by atoms with van der Waals surface area (Å²) in [5.41, 5.74) is 0.583. The maximum Gasteiger partial charge on any atom is 0.331 e. The highest BCUT2D eigenvalue weighted by Gasteiger charge is 2.27. The van der Waals surface area contributed by atoms with E-state index in [4.69, 9.17) is 0 Å². The smallest absolute Gasteiger partial charge is 0.331 e. The molecule has 2 rings (SSSR count). The number of fused-ring (bicyclic) bond motifs is 1. The van der Waals surface area contributed by atoms with Crippen LogP contribution in [0.4, 0.5) is 10.1 Å². The average Bonchev–Trinajstić information content (AvgIpc) is 2.58. The lowest BCUT2D eigenvalue weighted by Gasteiger charge is -1.98. The Balaban J connectivity index is 2.52. The Morgan fingerprint density at radius 3 is 2.94 bits per heavy atom. The molecule has 1 amide bonds. The summed E-state index contributed by atoms with van der Waals surface area (Å²) in [7, 11) is 1.21. The summed E-state index contributed by atoms with van der Waals surface area (Å²) in [6, 6.07) is 4.27. The molecule has 0 saturated heterocycles. The monoisotopic (exact) mass is 221 g/mol. The van der Waals surface area contributed by atoms with Gasteiger partial charge in [-0.15, -0.1) is 0 Å². The second-order valence-electron chi connectivity index (χ2n) is 3.20. The van der Waals surface area contributed by atoms with E-state index < -0.39 is 17.7 Å². The summed E-state index contributed by atoms with van der Waals surface area (Å²) in [5.74, 6) is -1.69. The van der Waals surface area contributed by atoms with Gasteiger partial charge in [-0.2, -0.15) is 0 Å². The highest BCUT2D eigenvalue weighted by Crippen LogP contribution is 2.33. The number of carbonyl (C=O) groups excluding carboxylic acids is 2. The summed E-state index contributed by atoms with van der Waals surface area (Å²) >= 11 is 0. The molecule has 0 fully saturated rings. The van der Waals surface area contributed by atoms with Crippen molar-refractivity contribution in [2.24, 2.45) is 0 Å².